The quantitative estimate of drug-likeness (QED) is 0.672. The second-order valence-electron chi connectivity index (χ2n) is 7.57. The van der Waals surface area contributed by atoms with Gasteiger partial charge in [0.1, 0.15) is 18.0 Å². The zero-order chi connectivity index (χ0) is 19.9. The summed E-state index contributed by atoms with van der Waals surface area (Å²) in [5, 5.41) is 13.7. The second kappa shape index (κ2) is 7.49. The topological polar surface area (TPSA) is 108 Å². The van der Waals surface area contributed by atoms with Crippen molar-refractivity contribution in [1.29, 1.82) is 0 Å². The zero-order valence-corrected chi connectivity index (χ0v) is 16.2. The van der Waals surface area contributed by atoms with Gasteiger partial charge in [-0.15, -0.1) is 0 Å². The van der Waals surface area contributed by atoms with Crippen LogP contribution in [0.5, 0.6) is 5.75 Å². The summed E-state index contributed by atoms with van der Waals surface area (Å²) in [6, 6.07) is 1.45. The summed E-state index contributed by atoms with van der Waals surface area (Å²) in [5.41, 5.74) is 0.589. The number of carbonyl (C=O) groups is 1. The first-order chi connectivity index (χ1) is 13.3. The molecule has 1 amide bonds. The fraction of sp³-hybridized carbons (Fsp3) is 0.611. The third-order valence-electron chi connectivity index (χ3n) is 5.60. The molecule has 28 heavy (non-hydrogen) atoms. The fourth-order valence-corrected chi connectivity index (χ4v) is 5.33. The van der Waals surface area contributed by atoms with Gasteiger partial charge < -0.3 is 15.2 Å². The van der Waals surface area contributed by atoms with Gasteiger partial charge in [0.15, 0.2) is 5.82 Å². The maximum Gasteiger partial charge on any atom is 0.326 e. The summed E-state index contributed by atoms with van der Waals surface area (Å²) < 4.78 is 47.5. The SMILES string of the molecule is O=C1CN(c2c(O)cc3c(c2F)C[C@H](NCC2CCCCO2)CC3)S(=O)(=O)N1. The van der Waals surface area contributed by atoms with Crippen LogP contribution in [-0.4, -0.2) is 51.3 Å². The highest BCUT2D eigenvalue weighted by Gasteiger charge is 2.39. The highest BCUT2D eigenvalue weighted by Crippen LogP contribution is 2.39. The number of ether oxygens (including phenoxy) is 1. The molecule has 3 aliphatic rings. The van der Waals surface area contributed by atoms with Crippen molar-refractivity contribution in [2.24, 2.45) is 0 Å². The van der Waals surface area contributed by atoms with Crippen LogP contribution in [0.3, 0.4) is 0 Å². The number of halogens is 1. The Morgan fingerprint density at radius 1 is 1.36 bits per heavy atom. The lowest BCUT2D eigenvalue weighted by atomic mass is 9.87. The summed E-state index contributed by atoms with van der Waals surface area (Å²) in [6.45, 7) is 0.923. The normalized spacial score (nSPS) is 26.8. The van der Waals surface area contributed by atoms with Crippen molar-refractivity contribution in [1.82, 2.24) is 10.0 Å². The van der Waals surface area contributed by atoms with Crippen LogP contribution in [-0.2, 0) is 32.6 Å². The Hall–Kier alpha value is -1.91. The van der Waals surface area contributed by atoms with Gasteiger partial charge in [-0.2, -0.15) is 8.42 Å². The average Bonchev–Trinajstić information content (AvgIpc) is 2.93. The Balaban J connectivity index is 1.55. The van der Waals surface area contributed by atoms with Crippen molar-refractivity contribution in [3.8, 4) is 5.75 Å². The second-order valence-corrected chi connectivity index (χ2v) is 9.16. The zero-order valence-electron chi connectivity index (χ0n) is 15.4. The Kier molecular flexibility index (Phi) is 5.19. The van der Waals surface area contributed by atoms with Gasteiger partial charge in [0.25, 0.3) is 5.91 Å². The summed E-state index contributed by atoms with van der Waals surface area (Å²) in [4.78, 5) is 11.5. The minimum absolute atomic E-state index is 0.0415. The van der Waals surface area contributed by atoms with E-state index >= 15 is 4.39 Å². The molecule has 8 nitrogen and oxygen atoms in total. The lowest BCUT2D eigenvalue weighted by Gasteiger charge is -2.30. The van der Waals surface area contributed by atoms with E-state index in [1.54, 1.807) is 4.72 Å². The summed E-state index contributed by atoms with van der Waals surface area (Å²) in [7, 11) is -4.20. The van der Waals surface area contributed by atoms with Crippen molar-refractivity contribution >= 4 is 21.8 Å². The van der Waals surface area contributed by atoms with Gasteiger partial charge >= 0.3 is 10.2 Å². The van der Waals surface area contributed by atoms with Gasteiger partial charge in [-0.05, 0) is 55.7 Å². The number of hydrogen-bond acceptors (Lipinski definition) is 6. The number of aryl methyl sites for hydroxylation is 1. The van der Waals surface area contributed by atoms with Gasteiger partial charge in [-0.3, -0.25) is 4.79 Å². The van der Waals surface area contributed by atoms with Crippen LogP contribution in [0.2, 0.25) is 0 Å². The molecule has 1 aliphatic carbocycles. The van der Waals surface area contributed by atoms with E-state index in [1.807, 2.05) is 0 Å². The maximum absolute atomic E-state index is 15.2. The molecule has 2 atom stereocenters. The molecule has 2 fully saturated rings. The minimum atomic E-state index is -4.20. The number of aromatic hydroxyl groups is 1. The molecule has 1 aromatic rings. The predicted molar refractivity (Wildman–Crippen MR) is 99.9 cm³/mol. The highest BCUT2D eigenvalue weighted by molar-refractivity contribution is 7.92. The van der Waals surface area contributed by atoms with Crippen LogP contribution in [0.4, 0.5) is 10.1 Å². The first-order valence-corrected chi connectivity index (χ1v) is 11.0. The Morgan fingerprint density at radius 3 is 2.86 bits per heavy atom. The van der Waals surface area contributed by atoms with Crippen molar-refractivity contribution in [3.63, 3.8) is 0 Å². The van der Waals surface area contributed by atoms with Crippen LogP contribution in [0.1, 0.15) is 36.8 Å². The number of fused-ring (bicyclic) bond motifs is 1. The molecule has 0 bridgehead atoms. The predicted octanol–water partition coefficient (Wildman–Crippen LogP) is 0.728. The largest absolute Gasteiger partial charge is 0.506 e. The van der Waals surface area contributed by atoms with Crippen molar-refractivity contribution in [2.45, 2.75) is 50.7 Å². The molecule has 154 valence electrons. The molecule has 0 aromatic heterocycles. The monoisotopic (exact) mass is 413 g/mol. The van der Waals surface area contributed by atoms with E-state index in [2.05, 4.69) is 5.32 Å². The van der Waals surface area contributed by atoms with Crippen LogP contribution < -0.4 is 14.3 Å². The highest BCUT2D eigenvalue weighted by atomic mass is 32.2. The van der Waals surface area contributed by atoms with E-state index in [1.165, 1.54) is 6.07 Å². The number of amides is 1. The lowest BCUT2D eigenvalue weighted by molar-refractivity contribution is -0.117. The van der Waals surface area contributed by atoms with E-state index in [0.717, 1.165) is 32.3 Å². The van der Waals surface area contributed by atoms with E-state index in [0.29, 0.717) is 34.8 Å². The fourth-order valence-electron chi connectivity index (χ4n) is 4.16. The van der Waals surface area contributed by atoms with Gasteiger partial charge in [-0.1, -0.05) is 0 Å². The third kappa shape index (κ3) is 3.68. The average molecular weight is 413 g/mol. The van der Waals surface area contributed by atoms with E-state index < -0.39 is 39.9 Å². The molecule has 0 spiro atoms. The minimum Gasteiger partial charge on any atom is -0.506 e. The van der Waals surface area contributed by atoms with Gasteiger partial charge in [0.2, 0.25) is 0 Å². The van der Waals surface area contributed by atoms with Crippen LogP contribution in [0.25, 0.3) is 0 Å². The molecule has 0 saturated carbocycles. The van der Waals surface area contributed by atoms with Gasteiger partial charge in [0, 0.05) is 19.2 Å². The molecule has 2 heterocycles. The molecular weight excluding hydrogens is 389 g/mol. The Bertz CT molecular complexity index is 886. The summed E-state index contributed by atoms with van der Waals surface area (Å²) in [5.74, 6) is -2.02. The molecule has 2 aliphatic heterocycles. The number of hydrogen-bond donors (Lipinski definition) is 3. The smallest absolute Gasteiger partial charge is 0.326 e. The molecule has 4 rings (SSSR count). The molecule has 2 saturated heterocycles. The van der Waals surface area contributed by atoms with Crippen LogP contribution in [0.15, 0.2) is 6.07 Å². The van der Waals surface area contributed by atoms with Crippen molar-refractivity contribution in [2.75, 3.05) is 24.0 Å². The van der Waals surface area contributed by atoms with Crippen molar-refractivity contribution in [3.05, 3.63) is 23.0 Å². The third-order valence-corrected chi connectivity index (χ3v) is 6.98. The molecular formula is C18H24FN3O5S. The van der Waals surface area contributed by atoms with E-state index in [4.69, 9.17) is 4.74 Å². The summed E-state index contributed by atoms with van der Waals surface area (Å²) in [6.07, 6.45) is 5.16. The maximum atomic E-state index is 15.2. The lowest BCUT2D eigenvalue weighted by Crippen LogP contribution is -2.41. The molecule has 3 N–H and O–H groups in total. The molecule has 0 radical (unpaired) electrons. The Labute approximate surface area is 163 Å². The van der Waals surface area contributed by atoms with E-state index in [9.17, 15) is 18.3 Å². The van der Waals surface area contributed by atoms with E-state index in [-0.39, 0.29) is 12.1 Å². The number of nitrogens with one attached hydrogen (secondary N) is 2. The molecule has 1 aromatic carbocycles. The van der Waals surface area contributed by atoms with Gasteiger partial charge in [-0.25, -0.2) is 13.4 Å². The number of nitrogens with zero attached hydrogens (tertiary/aromatic N) is 1. The van der Waals surface area contributed by atoms with Crippen molar-refractivity contribution < 1.29 is 27.4 Å². The Morgan fingerprint density at radius 2 is 2.18 bits per heavy atom. The van der Waals surface area contributed by atoms with Crippen LogP contribution >= 0.6 is 0 Å². The standard InChI is InChI=1S/C18H24FN3O5S/c19-17-14-8-12(20-9-13-3-1-2-6-27-13)5-4-11(14)7-15(23)18(17)22-10-16(24)21-28(22,25)26/h7,12-13,20,23H,1-6,8-10H2,(H,21,24)/t12-,13?/m1/s1. The number of phenols is 1. The number of phenolic OH excluding ortho intramolecular Hbond substituents is 1. The number of anilines is 1. The number of benzene rings is 1. The first-order valence-electron chi connectivity index (χ1n) is 9.56. The van der Waals surface area contributed by atoms with Crippen LogP contribution in [0, 0.1) is 5.82 Å². The summed E-state index contributed by atoms with van der Waals surface area (Å²) >= 11 is 0. The van der Waals surface area contributed by atoms with Gasteiger partial charge in [0.05, 0.1) is 6.10 Å². The number of rotatable bonds is 4. The molecule has 10 heteroatoms. The first kappa shape index (κ1) is 19.4. The number of carbonyl (C=O) groups excluding carboxylic acids is 1. The molecule has 1 unspecified atom stereocenters.